The number of ether oxygens (including phenoxy) is 2. The molecule has 5 aromatic rings. The minimum Gasteiger partial charge on any atom is -0.467 e. The van der Waals surface area contributed by atoms with Crippen LogP contribution in [-0.4, -0.2) is 12.7 Å². The molecule has 0 fully saturated rings. The van der Waals surface area contributed by atoms with Crippen LogP contribution in [0.5, 0.6) is 0 Å². The summed E-state index contributed by atoms with van der Waals surface area (Å²) >= 11 is 0. The van der Waals surface area contributed by atoms with E-state index in [-0.39, 0.29) is 0 Å². The number of rotatable bonds is 7. The maximum Gasteiger partial charge on any atom is 0.129 e. The number of furan rings is 2. The first-order chi connectivity index (χ1) is 17.7. The van der Waals surface area contributed by atoms with Crippen LogP contribution in [0.25, 0.3) is 21.5 Å². The van der Waals surface area contributed by atoms with Crippen LogP contribution >= 0.6 is 0 Å². The first-order valence-electron chi connectivity index (χ1n) is 12.8. The van der Waals surface area contributed by atoms with E-state index in [1.807, 2.05) is 24.3 Å². The zero-order valence-electron chi connectivity index (χ0n) is 21.1. The summed E-state index contributed by atoms with van der Waals surface area (Å²) < 4.78 is 21.4. The quantitative estimate of drug-likeness (QED) is 0.220. The molecule has 0 N–H and O–H groups in total. The maximum absolute atomic E-state index is 5.84. The molecule has 1 aliphatic carbocycles. The van der Waals surface area contributed by atoms with Crippen LogP contribution in [0.4, 0.5) is 0 Å². The number of benzene rings is 3. The van der Waals surface area contributed by atoms with Gasteiger partial charge >= 0.3 is 0 Å². The maximum atomic E-state index is 5.84. The summed E-state index contributed by atoms with van der Waals surface area (Å²) in [5.74, 6) is 2.32. The van der Waals surface area contributed by atoms with Gasteiger partial charge in [0.15, 0.2) is 0 Å². The molecule has 2 heterocycles. The lowest BCUT2D eigenvalue weighted by atomic mass is 9.81. The van der Waals surface area contributed by atoms with Crippen LogP contribution in [0.2, 0.25) is 0 Å². The molecule has 4 heteroatoms. The predicted molar refractivity (Wildman–Crippen MR) is 144 cm³/mol. The second-order valence-electron chi connectivity index (χ2n) is 9.73. The molecule has 0 aliphatic heterocycles. The molecule has 3 aromatic carbocycles. The Labute approximate surface area is 212 Å². The van der Waals surface area contributed by atoms with E-state index in [2.05, 4.69) is 62.4 Å². The lowest BCUT2D eigenvalue weighted by Crippen LogP contribution is -2.21. The van der Waals surface area contributed by atoms with Crippen LogP contribution in [0.1, 0.15) is 42.9 Å². The van der Waals surface area contributed by atoms with Gasteiger partial charge < -0.3 is 18.3 Å². The zero-order valence-corrected chi connectivity index (χ0v) is 21.1. The first-order valence-corrected chi connectivity index (χ1v) is 12.8. The average Bonchev–Trinajstić information content (AvgIpc) is 3.62. The molecule has 4 nitrogen and oxygen atoms in total. The Balaban J connectivity index is 0.000000174. The highest BCUT2D eigenvalue weighted by Gasteiger charge is 2.21. The minimum atomic E-state index is 0.333. The molecule has 0 amide bonds. The van der Waals surface area contributed by atoms with Crippen molar-refractivity contribution in [2.45, 2.75) is 52.4 Å². The first kappa shape index (κ1) is 24.4. The molecule has 1 atom stereocenters. The standard InChI is InChI=1S/C22H24O.C10H10O3/c1-15(2)23-14-16-7-10-20-18(13-16)9-12-21-19-6-4-3-5-17(19)8-11-22(20)21;1-3-9(12-5-1)7-11-8-10-4-2-6-13-10/h3-6,8-9,11-12,15-16H,7,10,13-14H2,1-2H3;1-6H,7-8H2. The molecule has 1 aliphatic rings. The third kappa shape index (κ3) is 5.89. The molecular weight excluding hydrogens is 448 g/mol. The Kier molecular flexibility index (Phi) is 7.85. The van der Waals surface area contributed by atoms with Gasteiger partial charge in [-0.1, -0.05) is 48.5 Å². The summed E-state index contributed by atoms with van der Waals surface area (Å²) in [6.45, 7) is 6.10. The topological polar surface area (TPSA) is 44.7 Å². The van der Waals surface area contributed by atoms with Gasteiger partial charge in [-0.15, -0.1) is 0 Å². The van der Waals surface area contributed by atoms with Crippen molar-refractivity contribution in [3.63, 3.8) is 0 Å². The largest absolute Gasteiger partial charge is 0.467 e. The lowest BCUT2D eigenvalue weighted by molar-refractivity contribution is 0.0477. The summed E-state index contributed by atoms with van der Waals surface area (Å²) in [6.07, 6.45) is 7.17. The van der Waals surface area contributed by atoms with Crippen molar-refractivity contribution in [1.82, 2.24) is 0 Å². The van der Waals surface area contributed by atoms with E-state index in [0.717, 1.165) is 24.5 Å². The van der Waals surface area contributed by atoms with Gasteiger partial charge in [0, 0.05) is 0 Å². The number of hydrogen-bond donors (Lipinski definition) is 0. The van der Waals surface area contributed by atoms with E-state index in [1.54, 1.807) is 18.1 Å². The van der Waals surface area contributed by atoms with Crippen molar-refractivity contribution in [1.29, 1.82) is 0 Å². The predicted octanol–water partition coefficient (Wildman–Crippen LogP) is 8.11. The van der Waals surface area contributed by atoms with Gasteiger partial charge in [-0.05, 0) is 96.0 Å². The molecule has 36 heavy (non-hydrogen) atoms. The van der Waals surface area contributed by atoms with E-state index in [1.165, 1.54) is 39.9 Å². The van der Waals surface area contributed by atoms with Gasteiger partial charge in [0.1, 0.15) is 24.7 Å². The molecule has 186 valence electrons. The van der Waals surface area contributed by atoms with Crippen molar-refractivity contribution in [2.24, 2.45) is 5.92 Å². The van der Waals surface area contributed by atoms with Crippen molar-refractivity contribution >= 4 is 21.5 Å². The third-order valence-corrected chi connectivity index (χ3v) is 6.76. The van der Waals surface area contributed by atoms with E-state index < -0.39 is 0 Å². The Bertz CT molecular complexity index is 1330. The van der Waals surface area contributed by atoms with Gasteiger partial charge in [0.2, 0.25) is 0 Å². The summed E-state index contributed by atoms with van der Waals surface area (Å²) in [6, 6.07) is 25.4. The highest BCUT2D eigenvalue weighted by molar-refractivity contribution is 6.08. The summed E-state index contributed by atoms with van der Waals surface area (Å²) in [7, 11) is 0. The summed E-state index contributed by atoms with van der Waals surface area (Å²) in [4.78, 5) is 0. The van der Waals surface area contributed by atoms with Crippen LogP contribution < -0.4 is 0 Å². The zero-order chi connectivity index (χ0) is 24.7. The highest BCUT2D eigenvalue weighted by Crippen LogP contribution is 2.35. The second-order valence-corrected chi connectivity index (χ2v) is 9.73. The fourth-order valence-corrected chi connectivity index (χ4v) is 4.96. The van der Waals surface area contributed by atoms with Gasteiger partial charge in [0.05, 0.1) is 25.2 Å². The molecular formula is C32H34O4. The van der Waals surface area contributed by atoms with Crippen LogP contribution in [0.15, 0.2) is 94.2 Å². The molecule has 0 radical (unpaired) electrons. The molecule has 6 rings (SSSR count). The monoisotopic (exact) mass is 482 g/mol. The normalized spacial score (nSPS) is 15.1. The molecule has 0 bridgehead atoms. The fourth-order valence-electron chi connectivity index (χ4n) is 4.96. The molecule has 2 aromatic heterocycles. The van der Waals surface area contributed by atoms with Gasteiger partial charge in [0.25, 0.3) is 0 Å². The molecule has 1 unspecified atom stereocenters. The van der Waals surface area contributed by atoms with E-state index >= 15 is 0 Å². The molecule has 0 saturated heterocycles. The number of fused-ring (bicyclic) bond motifs is 5. The van der Waals surface area contributed by atoms with E-state index in [4.69, 9.17) is 18.3 Å². The Morgan fingerprint density at radius 1 is 0.778 bits per heavy atom. The Morgan fingerprint density at radius 3 is 2.19 bits per heavy atom. The van der Waals surface area contributed by atoms with Crippen LogP contribution in [-0.2, 0) is 35.5 Å². The van der Waals surface area contributed by atoms with E-state index in [9.17, 15) is 0 Å². The van der Waals surface area contributed by atoms with Crippen molar-refractivity contribution in [3.8, 4) is 0 Å². The number of hydrogen-bond acceptors (Lipinski definition) is 4. The van der Waals surface area contributed by atoms with Gasteiger partial charge in [-0.3, -0.25) is 0 Å². The third-order valence-electron chi connectivity index (χ3n) is 6.76. The number of aryl methyl sites for hydroxylation is 1. The second kappa shape index (κ2) is 11.6. The van der Waals surface area contributed by atoms with Crippen molar-refractivity contribution < 1.29 is 18.3 Å². The fraction of sp³-hybridized carbons (Fsp3) is 0.312. The Morgan fingerprint density at radius 2 is 1.50 bits per heavy atom. The minimum absolute atomic E-state index is 0.333. The average molecular weight is 483 g/mol. The van der Waals surface area contributed by atoms with Gasteiger partial charge in [-0.25, -0.2) is 0 Å². The summed E-state index contributed by atoms with van der Waals surface area (Å²) in [5.41, 5.74) is 3.09. The molecule has 0 saturated carbocycles. The van der Waals surface area contributed by atoms with Crippen molar-refractivity contribution in [3.05, 3.63) is 108 Å². The lowest BCUT2D eigenvalue weighted by Gasteiger charge is -2.26. The highest BCUT2D eigenvalue weighted by atomic mass is 16.5. The van der Waals surface area contributed by atoms with Crippen LogP contribution in [0, 0.1) is 5.92 Å². The SMILES string of the molecule is CC(C)OCC1CCc2c(ccc3c2ccc2ccccc23)C1.c1coc(COCc2ccco2)c1. The molecule has 0 spiro atoms. The van der Waals surface area contributed by atoms with Gasteiger partial charge in [-0.2, -0.15) is 0 Å². The Hall–Kier alpha value is -3.34. The van der Waals surface area contributed by atoms with Crippen LogP contribution in [0.3, 0.4) is 0 Å². The smallest absolute Gasteiger partial charge is 0.129 e. The van der Waals surface area contributed by atoms with Crippen molar-refractivity contribution in [2.75, 3.05) is 6.61 Å². The summed E-state index contributed by atoms with van der Waals surface area (Å²) in [5, 5.41) is 5.56. The van der Waals surface area contributed by atoms with E-state index in [0.29, 0.717) is 25.2 Å².